The van der Waals surface area contributed by atoms with Crippen molar-refractivity contribution in [3.05, 3.63) is 28.8 Å². The van der Waals surface area contributed by atoms with Gasteiger partial charge in [-0.1, -0.05) is 24.6 Å². The van der Waals surface area contributed by atoms with Gasteiger partial charge in [0.2, 0.25) is 5.91 Å². The third-order valence-corrected chi connectivity index (χ3v) is 3.09. The van der Waals surface area contributed by atoms with Gasteiger partial charge < -0.3 is 10.6 Å². The van der Waals surface area contributed by atoms with E-state index in [0.717, 1.165) is 17.7 Å². The van der Waals surface area contributed by atoms with E-state index in [4.69, 9.17) is 11.6 Å². The third kappa shape index (κ3) is 4.75. The number of aryl methyl sites for hydroxylation is 1. The van der Waals surface area contributed by atoms with E-state index >= 15 is 0 Å². The van der Waals surface area contributed by atoms with Gasteiger partial charge in [-0.2, -0.15) is 0 Å². The summed E-state index contributed by atoms with van der Waals surface area (Å²) in [5, 5.41) is 6.60. The number of benzene rings is 1. The molecule has 3 nitrogen and oxygen atoms in total. The van der Waals surface area contributed by atoms with Crippen molar-refractivity contribution < 1.29 is 4.79 Å². The molecule has 0 saturated heterocycles. The zero-order chi connectivity index (χ0) is 12.8. The fraction of sp³-hybridized carbons (Fsp3) is 0.462. The molecule has 0 aliphatic carbocycles. The Balaban J connectivity index is 2.48. The summed E-state index contributed by atoms with van der Waals surface area (Å²) in [6, 6.07) is 5.85. The first kappa shape index (κ1) is 14.0. The Morgan fingerprint density at radius 3 is 2.76 bits per heavy atom. The Bertz CT molecular complexity index is 393. The number of anilines is 1. The standard InChI is InChI=1S/C13H19ClN2O/c1-4-10(3)15-8-13(17)16-11-6-5-9(2)12(14)7-11/h5-7,10,15H,4,8H2,1-3H3,(H,16,17). The molecule has 17 heavy (non-hydrogen) atoms. The van der Waals surface area contributed by atoms with Crippen LogP contribution in [0.15, 0.2) is 18.2 Å². The van der Waals surface area contributed by atoms with Crippen LogP contribution in [0, 0.1) is 6.92 Å². The van der Waals surface area contributed by atoms with Crippen LogP contribution in [0.25, 0.3) is 0 Å². The van der Waals surface area contributed by atoms with Crippen molar-refractivity contribution in [2.24, 2.45) is 0 Å². The summed E-state index contributed by atoms with van der Waals surface area (Å²) < 4.78 is 0. The molecule has 0 spiro atoms. The number of carbonyl (C=O) groups is 1. The van der Waals surface area contributed by atoms with Crippen LogP contribution in [-0.2, 0) is 4.79 Å². The average molecular weight is 255 g/mol. The smallest absolute Gasteiger partial charge is 0.238 e. The summed E-state index contributed by atoms with van der Waals surface area (Å²) in [6.45, 7) is 6.38. The van der Waals surface area contributed by atoms with Crippen LogP contribution in [0.2, 0.25) is 5.02 Å². The van der Waals surface area contributed by atoms with E-state index in [1.54, 1.807) is 6.07 Å². The molecule has 0 aliphatic rings. The van der Waals surface area contributed by atoms with Crippen LogP contribution in [0.3, 0.4) is 0 Å². The van der Waals surface area contributed by atoms with Crippen molar-refractivity contribution >= 4 is 23.2 Å². The van der Waals surface area contributed by atoms with Gasteiger partial charge in [0.1, 0.15) is 0 Å². The summed E-state index contributed by atoms with van der Waals surface area (Å²) in [5.41, 5.74) is 1.74. The van der Waals surface area contributed by atoms with Gasteiger partial charge in [-0.3, -0.25) is 4.79 Å². The second-order valence-corrected chi connectivity index (χ2v) is 4.61. The summed E-state index contributed by atoms with van der Waals surface area (Å²) in [7, 11) is 0. The van der Waals surface area contributed by atoms with Crippen molar-refractivity contribution in [1.82, 2.24) is 5.32 Å². The van der Waals surface area contributed by atoms with Gasteiger partial charge in [-0.15, -0.1) is 0 Å². The van der Waals surface area contributed by atoms with E-state index in [9.17, 15) is 4.79 Å². The monoisotopic (exact) mass is 254 g/mol. The van der Waals surface area contributed by atoms with Gasteiger partial charge in [0.15, 0.2) is 0 Å². The predicted octanol–water partition coefficient (Wildman–Crippen LogP) is 2.98. The summed E-state index contributed by atoms with van der Waals surface area (Å²) in [4.78, 5) is 11.6. The van der Waals surface area contributed by atoms with E-state index in [1.165, 1.54) is 0 Å². The zero-order valence-electron chi connectivity index (χ0n) is 10.5. The highest BCUT2D eigenvalue weighted by Crippen LogP contribution is 2.19. The maximum absolute atomic E-state index is 11.6. The highest BCUT2D eigenvalue weighted by atomic mass is 35.5. The zero-order valence-corrected chi connectivity index (χ0v) is 11.3. The minimum absolute atomic E-state index is 0.0507. The Morgan fingerprint density at radius 1 is 1.47 bits per heavy atom. The quantitative estimate of drug-likeness (QED) is 0.848. The lowest BCUT2D eigenvalue weighted by Gasteiger charge is -2.11. The van der Waals surface area contributed by atoms with Crippen molar-refractivity contribution in [2.75, 3.05) is 11.9 Å². The van der Waals surface area contributed by atoms with Crippen LogP contribution in [0.1, 0.15) is 25.8 Å². The minimum Gasteiger partial charge on any atom is -0.325 e. The summed E-state index contributed by atoms with van der Waals surface area (Å²) in [6.07, 6.45) is 1.00. The highest BCUT2D eigenvalue weighted by molar-refractivity contribution is 6.31. The maximum atomic E-state index is 11.6. The molecule has 0 radical (unpaired) electrons. The van der Waals surface area contributed by atoms with Gasteiger partial charge in [0.05, 0.1) is 6.54 Å². The van der Waals surface area contributed by atoms with E-state index in [2.05, 4.69) is 24.5 Å². The maximum Gasteiger partial charge on any atom is 0.238 e. The molecule has 1 atom stereocenters. The van der Waals surface area contributed by atoms with E-state index in [0.29, 0.717) is 17.6 Å². The number of nitrogens with one attached hydrogen (secondary N) is 2. The van der Waals surface area contributed by atoms with Gasteiger partial charge in [0, 0.05) is 16.8 Å². The van der Waals surface area contributed by atoms with E-state index in [1.807, 2.05) is 19.1 Å². The van der Waals surface area contributed by atoms with Crippen LogP contribution < -0.4 is 10.6 Å². The molecule has 1 aromatic carbocycles. The van der Waals surface area contributed by atoms with Crippen LogP contribution in [0.4, 0.5) is 5.69 Å². The molecule has 1 aromatic rings. The minimum atomic E-state index is -0.0507. The van der Waals surface area contributed by atoms with Crippen LogP contribution >= 0.6 is 11.6 Å². The lowest BCUT2D eigenvalue weighted by atomic mass is 10.2. The molecule has 0 aromatic heterocycles. The first-order valence-corrected chi connectivity index (χ1v) is 6.20. The fourth-order valence-corrected chi connectivity index (χ4v) is 1.47. The fourth-order valence-electron chi connectivity index (χ4n) is 1.29. The Kier molecular flexibility index (Phi) is 5.45. The number of rotatable bonds is 5. The Hall–Kier alpha value is -1.06. The molecule has 0 bridgehead atoms. The molecule has 0 heterocycles. The molecule has 0 fully saturated rings. The second kappa shape index (κ2) is 6.62. The summed E-state index contributed by atoms with van der Waals surface area (Å²) >= 11 is 5.98. The first-order chi connectivity index (χ1) is 8.02. The Labute approximate surface area is 108 Å². The van der Waals surface area contributed by atoms with Crippen LogP contribution in [-0.4, -0.2) is 18.5 Å². The largest absolute Gasteiger partial charge is 0.325 e. The Morgan fingerprint density at radius 2 is 2.18 bits per heavy atom. The third-order valence-electron chi connectivity index (χ3n) is 2.68. The van der Waals surface area contributed by atoms with Crippen molar-refractivity contribution in [2.45, 2.75) is 33.2 Å². The number of hydrogen-bond acceptors (Lipinski definition) is 2. The number of carbonyl (C=O) groups excluding carboxylic acids is 1. The molecule has 0 aliphatic heterocycles. The molecule has 1 amide bonds. The van der Waals surface area contributed by atoms with Crippen molar-refractivity contribution in [3.8, 4) is 0 Å². The van der Waals surface area contributed by atoms with Gasteiger partial charge in [0.25, 0.3) is 0 Å². The molecule has 1 rings (SSSR count). The average Bonchev–Trinajstić information content (AvgIpc) is 2.31. The first-order valence-electron chi connectivity index (χ1n) is 5.82. The van der Waals surface area contributed by atoms with E-state index in [-0.39, 0.29) is 5.91 Å². The molecule has 1 unspecified atom stereocenters. The lowest BCUT2D eigenvalue weighted by molar-refractivity contribution is -0.115. The number of amides is 1. The predicted molar refractivity (Wildman–Crippen MR) is 72.6 cm³/mol. The normalized spacial score (nSPS) is 12.2. The molecular formula is C13H19ClN2O. The summed E-state index contributed by atoms with van der Waals surface area (Å²) in [5.74, 6) is -0.0507. The van der Waals surface area contributed by atoms with E-state index < -0.39 is 0 Å². The molecule has 4 heteroatoms. The SMILES string of the molecule is CCC(C)NCC(=O)Nc1ccc(C)c(Cl)c1. The molecular weight excluding hydrogens is 236 g/mol. The van der Waals surface area contributed by atoms with Crippen molar-refractivity contribution in [3.63, 3.8) is 0 Å². The van der Waals surface area contributed by atoms with Crippen molar-refractivity contribution in [1.29, 1.82) is 0 Å². The van der Waals surface area contributed by atoms with Gasteiger partial charge in [-0.25, -0.2) is 0 Å². The van der Waals surface area contributed by atoms with Gasteiger partial charge >= 0.3 is 0 Å². The molecule has 0 saturated carbocycles. The topological polar surface area (TPSA) is 41.1 Å². The highest BCUT2D eigenvalue weighted by Gasteiger charge is 2.05. The lowest BCUT2D eigenvalue weighted by Crippen LogP contribution is -2.33. The van der Waals surface area contributed by atoms with Gasteiger partial charge in [-0.05, 0) is 38.0 Å². The number of halogens is 1. The second-order valence-electron chi connectivity index (χ2n) is 4.20. The number of hydrogen-bond donors (Lipinski definition) is 2. The molecule has 94 valence electrons. The molecule has 2 N–H and O–H groups in total. The van der Waals surface area contributed by atoms with Crippen LogP contribution in [0.5, 0.6) is 0 Å².